The first-order chi connectivity index (χ1) is 14.3. The van der Waals surface area contributed by atoms with Crippen LogP contribution in [0.4, 0.5) is 0 Å². The molecule has 0 amide bonds. The molecular weight excluding hydrogens is 374 g/mol. The van der Waals surface area contributed by atoms with E-state index in [1.54, 1.807) is 7.11 Å². The topological polar surface area (TPSA) is 41.9 Å². The van der Waals surface area contributed by atoms with Gasteiger partial charge < -0.3 is 19.5 Å². The largest absolute Gasteiger partial charge is 0.504 e. The van der Waals surface area contributed by atoms with Crippen LogP contribution >= 0.6 is 0 Å². The van der Waals surface area contributed by atoms with Crippen LogP contribution in [0.15, 0.2) is 12.1 Å². The van der Waals surface area contributed by atoms with E-state index in [-0.39, 0.29) is 5.75 Å². The second kappa shape index (κ2) is 8.70. The SMILES string of the molecule is COc1cc2c(cc1O)CC(C)C1C2CCC2(C)C1CC[C@@H]2CCOCCN(C)C. The average molecular weight is 416 g/mol. The number of ether oxygens (including phenoxy) is 2. The molecule has 4 nitrogen and oxygen atoms in total. The minimum atomic E-state index is 0.290. The van der Waals surface area contributed by atoms with Crippen molar-refractivity contribution in [2.45, 2.75) is 58.3 Å². The first-order valence-corrected chi connectivity index (χ1v) is 12.0. The van der Waals surface area contributed by atoms with Crippen molar-refractivity contribution in [1.82, 2.24) is 4.90 Å². The maximum Gasteiger partial charge on any atom is 0.160 e. The van der Waals surface area contributed by atoms with Crippen LogP contribution in [0.5, 0.6) is 11.5 Å². The Hall–Kier alpha value is -1.26. The maximum atomic E-state index is 10.3. The van der Waals surface area contributed by atoms with E-state index in [2.05, 4.69) is 38.9 Å². The first-order valence-electron chi connectivity index (χ1n) is 12.0. The lowest BCUT2D eigenvalue weighted by atomic mass is 9.51. The Balaban J connectivity index is 1.48. The van der Waals surface area contributed by atoms with Gasteiger partial charge in [-0.05, 0) is 111 Å². The summed E-state index contributed by atoms with van der Waals surface area (Å²) in [6.45, 7) is 7.79. The molecule has 3 aliphatic rings. The molecule has 4 rings (SSSR count). The molecule has 1 aromatic rings. The molecule has 1 N–H and O–H groups in total. The quantitative estimate of drug-likeness (QED) is 0.630. The summed E-state index contributed by atoms with van der Waals surface area (Å²) in [7, 11) is 5.86. The fraction of sp³-hybridized carbons (Fsp3) is 0.769. The van der Waals surface area contributed by atoms with Crippen LogP contribution in [-0.4, -0.2) is 51.0 Å². The summed E-state index contributed by atoms with van der Waals surface area (Å²) in [5.41, 5.74) is 3.25. The predicted molar refractivity (Wildman–Crippen MR) is 121 cm³/mol. The van der Waals surface area contributed by atoms with Gasteiger partial charge in [-0.3, -0.25) is 0 Å². The summed E-state index contributed by atoms with van der Waals surface area (Å²) in [6.07, 6.45) is 7.61. The van der Waals surface area contributed by atoms with E-state index in [9.17, 15) is 5.11 Å². The van der Waals surface area contributed by atoms with Crippen LogP contribution in [0.2, 0.25) is 0 Å². The van der Waals surface area contributed by atoms with E-state index in [1.165, 1.54) is 43.2 Å². The molecule has 0 bridgehead atoms. The molecule has 0 heterocycles. The number of phenolic OH excluding ortho intramolecular Hbond substituents is 1. The molecule has 3 aliphatic carbocycles. The van der Waals surface area contributed by atoms with Gasteiger partial charge in [0.25, 0.3) is 0 Å². The van der Waals surface area contributed by atoms with Crippen molar-refractivity contribution in [3.8, 4) is 11.5 Å². The zero-order chi connectivity index (χ0) is 21.5. The molecular formula is C26H41NO3. The zero-order valence-electron chi connectivity index (χ0n) is 19.6. The number of aromatic hydroxyl groups is 1. The van der Waals surface area contributed by atoms with Crippen molar-refractivity contribution >= 4 is 0 Å². The molecule has 2 saturated carbocycles. The number of hydrogen-bond donors (Lipinski definition) is 1. The molecule has 5 unspecified atom stereocenters. The third-order valence-electron chi connectivity index (χ3n) is 8.86. The molecule has 1 aromatic carbocycles. The summed E-state index contributed by atoms with van der Waals surface area (Å²) in [4.78, 5) is 2.19. The van der Waals surface area contributed by atoms with Crippen LogP contribution in [0.1, 0.15) is 63.0 Å². The third kappa shape index (κ3) is 3.86. The lowest BCUT2D eigenvalue weighted by Gasteiger charge is -2.53. The second-order valence-electron chi connectivity index (χ2n) is 10.7. The van der Waals surface area contributed by atoms with Crippen LogP contribution in [0, 0.1) is 29.1 Å². The Kier molecular flexibility index (Phi) is 6.37. The van der Waals surface area contributed by atoms with Crippen LogP contribution in [0.3, 0.4) is 0 Å². The van der Waals surface area contributed by atoms with Gasteiger partial charge in [-0.15, -0.1) is 0 Å². The standard InChI is InChI=1S/C26H41NO3/c1-17-14-18-15-23(28)24(29-5)16-21(18)20-8-10-26(2)19(6-7-22(26)25(17)20)9-12-30-13-11-27(3)4/h15-17,19-20,22,25,28H,6-14H2,1-5H3/t17?,19-,20?,22?,25?,26?/m1/s1. The highest BCUT2D eigenvalue weighted by atomic mass is 16.5. The number of likely N-dealkylation sites (N-methyl/N-ethyl adjacent to an activating group) is 1. The summed E-state index contributed by atoms with van der Waals surface area (Å²) >= 11 is 0. The number of rotatable bonds is 7. The molecule has 4 heteroatoms. The molecule has 30 heavy (non-hydrogen) atoms. The van der Waals surface area contributed by atoms with Gasteiger partial charge in [0.15, 0.2) is 11.5 Å². The number of methoxy groups -OCH3 is 1. The van der Waals surface area contributed by atoms with Crippen molar-refractivity contribution in [2.24, 2.45) is 29.1 Å². The Morgan fingerprint density at radius 1 is 1.17 bits per heavy atom. The van der Waals surface area contributed by atoms with E-state index in [0.717, 1.165) is 43.9 Å². The van der Waals surface area contributed by atoms with Gasteiger partial charge in [0.2, 0.25) is 0 Å². The lowest BCUT2D eigenvalue weighted by Crippen LogP contribution is -2.45. The van der Waals surface area contributed by atoms with Crippen LogP contribution in [0.25, 0.3) is 0 Å². The normalized spacial score (nSPS) is 35.1. The number of fused-ring (bicyclic) bond motifs is 5. The van der Waals surface area contributed by atoms with E-state index in [4.69, 9.17) is 9.47 Å². The molecule has 0 spiro atoms. The maximum absolute atomic E-state index is 10.3. The number of nitrogens with zero attached hydrogens (tertiary/aromatic N) is 1. The molecule has 0 radical (unpaired) electrons. The van der Waals surface area contributed by atoms with E-state index in [0.29, 0.717) is 23.0 Å². The monoisotopic (exact) mass is 415 g/mol. The molecule has 6 atom stereocenters. The Bertz CT molecular complexity index is 748. The molecule has 0 aromatic heterocycles. The Labute approximate surface area is 182 Å². The van der Waals surface area contributed by atoms with E-state index >= 15 is 0 Å². The van der Waals surface area contributed by atoms with Gasteiger partial charge in [-0.1, -0.05) is 13.8 Å². The fourth-order valence-electron chi connectivity index (χ4n) is 7.30. The number of phenols is 1. The summed E-state index contributed by atoms with van der Waals surface area (Å²) in [5, 5.41) is 10.3. The van der Waals surface area contributed by atoms with Crippen molar-refractivity contribution in [2.75, 3.05) is 41.0 Å². The molecule has 0 saturated heterocycles. The van der Waals surface area contributed by atoms with Crippen molar-refractivity contribution < 1.29 is 14.6 Å². The van der Waals surface area contributed by atoms with E-state index in [1.807, 2.05) is 6.07 Å². The summed E-state index contributed by atoms with van der Waals surface area (Å²) in [6, 6.07) is 4.11. The highest BCUT2D eigenvalue weighted by molar-refractivity contribution is 5.49. The van der Waals surface area contributed by atoms with Crippen molar-refractivity contribution in [1.29, 1.82) is 0 Å². The van der Waals surface area contributed by atoms with Crippen LogP contribution < -0.4 is 4.74 Å². The van der Waals surface area contributed by atoms with Crippen molar-refractivity contribution in [3.05, 3.63) is 23.3 Å². The number of hydrogen-bond acceptors (Lipinski definition) is 4. The smallest absolute Gasteiger partial charge is 0.160 e. The Morgan fingerprint density at radius 2 is 1.97 bits per heavy atom. The predicted octanol–water partition coefficient (Wildman–Crippen LogP) is 5.09. The zero-order valence-corrected chi connectivity index (χ0v) is 19.6. The summed E-state index contributed by atoms with van der Waals surface area (Å²) < 4.78 is 11.4. The minimum Gasteiger partial charge on any atom is -0.504 e. The molecule has 2 fully saturated rings. The van der Waals surface area contributed by atoms with Gasteiger partial charge in [-0.2, -0.15) is 0 Å². The fourth-order valence-corrected chi connectivity index (χ4v) is 7.30. The number of benzene rings is 1. The van der Waals surface area contributed by atoms with Gasteiger partial charge in [0.05, 0.1) is 13.7 Å². The first kappa shape index (κ1) is 22.0. The minimum absolute atomic E-state index is 0.290. The summed E-state index contributed by atoms with van der Waals surface area (Å²) in [5.74, 6) is 4.58. The van der Waals surface area contributed by atoms with Gasteiger partial charge in [-0.25, -0.2) is 0 Å². The molecule has 0 aliphatic heterocycles. The lowest BCUT2D eigenvalue weighted by molar-refractivity contribution is -0.00484. The molecule has 168 valence electrons. The van der Waals surface area contributed by atoms with Crippen LogP contribution in [-0.2, 0) is 11.2 Å². The van der Waals surface area contributed by atoms with Gasteiger partial charge in [0.1, 0.15) is 0 Å². The Morgan fingerprint density at radius 3 is 2.70 bits per heavy atom. The second-order valence-corrected chi connectivity index (χ2v) is 10.7. The third-order valence-corrected chi connectivity index (χ3v) is 8.86. The highest BCUT2D eigenvalue weighted by Crippen LogP contribution is 2.64. The van der Waals surface area contributed by atoms with Crippen molar-refractivity contribution in [3.63, 3.8) is 0 Å². The van der Waals surface area contributed by atoms with Gasteiger partial charge in [0, 0.05) is 13.2 Å². The van der Waals surface area contributed by atoms with Gasteiger partial charge >= 0.3 is 0 Å². The highest BCUT2D eigenvalue weighted by Gasteiger charge is 2.55. The van der Waals surface area contributed by atoms with E-state index < -0.39 is 0 Å². The average Bonchev–Trinajstić information content (AvgIpc) is 3.03.